The van der Waals surface area contributed by atoms with Crippen LogP contribution in [0.1, 0.15) is 5.69 Å². The van der Waals surface area contributed by atoms with E-state index < -0.39 is 0 Å². The highest BCUT2D eigenvalue weighted by molar-refractivity contribution is 5.02. The summed E-state index contributed by atoms with van der Waals surface area (Å²) in [4.78, 5) is 3.08. The van der Waals surface area contributed by atoms with Crippen LogP contribution < -0.4 is 5.32 Å². The molecule has 0 amide bonds. The van der Waals surface area contributed by atoms with E-state index in [0.29, 0.717) is 6.73 Å². The van der Waals surface area contributed by atoms with E-state index >= 15 is 0 Å². The van der Waals surface area contributed by atoms with Gasteiger partial charge in [0.1, 0.15) is 0 Å². The van der Waals surface area contributed by atoms with Gasteiger partial charge in [0.05, 0.1) is 6.73 Å². The molecule has 2 N–H and O–H groups in total. The fourth-order valence-electron chi connectivity index (χ4n) is 0.765. The number of hydrogen-bond acceptors (Lipinski definition) is 2. The number of aromatic nitrogens is 1. The Morgan fingerprint density at radius 2 is 2.60 bits per heavy atom. The van der Waals surface area contributed by atoms with Crippen molar-refractivity contribution in [3.05, 3.63) is 24.0 Å². The van der Waals surface area contributed by atoms with Crippen molar-refractivity contribution in [2.45, 2.75) is 6.54 Å². The number of methoxy groups -OCH3 is 1. The lowest BCUT2D eigenvalue weighted by Gasteiger charge is -1.99. The summed E-state index contributed by atoms with van der Waals surface area (Å²) in [6.45, 7) is 1.43. The zero-order valence-corrected chi connectivity index (χ0v) is 6.05. The zero-order valence-electron chi connectivity index (χ0n) is 6.05. The topological polar surface area (TPSA) is 37.0 Å². The molecular weight excluding hydrogens is 128 g/mol. The molecule has 1 rings (SSSR count). The molecule has 56 valence electrons. The lowest BCUT2D eigenvalue weighted by Crippen LogP contribution is -2.15. The lowest BCUT2D eigenvalue weighted by molar-refractivity contribution is 0.174. The zero-order chi connectivity index (χ0) is 7.23. The van der Waals surface area contributed by atoms with Crippen molar-refractivity contribution in [3.8, 4) is 0 Å². The molecule has 1 aromatic heterocycles. The summed E-state index contributed by atoms with van der Waals surface area (Å²) in [6.07, 6.45) is 1.91. The maximum absolute atomic E-state index is 4.82. The Morgan fingerprint density at radius 3 is 3.20 bits per heavy atom. The van der Waals surface area contributed by atoms with Gasteiger partial charge in [0.2, 0.25) is 0 Å². The van der Waals surface area contributed by atoms with E-state index in [1.165, 1.54) is 5.69 Å². The van der Waals surface area contributed by atoms with Gasteiger partial charge in [-0.3, -0.25) is 5.32 Å². The molecule has 0 unspecified atom stereocenters. The second kappa shape index (κ2) is 4.09. The maximum atomic E-state index is 4.82. The van der Waals surface area contributed by atoms with E-state index in [1.807, 2.05) is 18.3 Å². The van der Waals surface area contributed by atoms with Gasteiger partial charge in [0.15, 0.2) is 0 Å². The van der Waals surface area contributed by atoms with Crippen molar-refractivity contribution in [3.63, 3.8) is 0 Å². The van der Waals surface area contributed by atoms with Crippen LogP contribution in [0, 0.1) is 0 Å². The van der Waals surface area contributed by atoms with Gasteiger partial charge in [-0.05, 0) is 12.1 Å². The molecule has 10 heavy (non-hydrogen) atoms. The van der Waals surface area contributed by atoms with Crippen LogP contribution in [0.25, 0.3) is 0 Å². The Balaban J connectivity index is 2.15. The van der Waals surface area contributed by atoms with Crippen molar-refractivity contribution < 1.29 is 4.74 Å². The van der Waals surface area contributed by atoms with Crippen LogP contribution in [-0.4, -0.2) is 18.8 Å². The minimum Gasteiger partial charge on any atom is -0.370 e. The van der Waals surface area contributed by atoms with Gasteiger partial charge in [0.25, 0.3) is 0 Å². The first kappa shape index (κ1) is 7.31. The van der Waals surface area contributed by atoms with Crippen LogP contribution in [0.2, 0.25) is 0 Å². The van der Waals surface area contributed by atoms with E-state index in [0.717, 1.165) is 6.54 Å². The molecule has 0 spiro atoms. The monoisotopic (exact) mass is 140 g/mol. The van der Waals surface area contributed by atoms with E-state index in [4.69, 9.17) is 4.74 Å². The van der Waals surface area contributed by atoms with E-state index in [2.05, 4.69) is 10.3 Å². The highest BCUT2D eigenvalue weighted by Crippen LogP contribution is 1.91. The fraction of sp³-hybridized carbons (Fsp3) is 0.429. The Labute approximate surface area is 60.4 Å². The molecule has 0 atom stereocenters. The van der Waals surface area contributed by atoms with Crippen LogP contribution in [-0.2, 0) is 11.3 Å². The average Bonchev–Trinajstić information content (AvgIpc) is 2.41. The standard InChI is InChI=1S/C7H12N2O/c1-10-6-8-5-7-3-2-4-9-7/h2-4,8-9H,5-6H2,1H3. The van der Waals surface area contributed by atoms with E-state index in [-0.39, 0.29) is 0 Å². The van der Waals surface area contributed by atoms with Crippen molar-refractivity contribution in [2.24, 2.45) is 0 Å². The summed E-state index contributed by atoms with van der Waals surface area (Å²) in [5, 5.41) is 3.08. The first-order valence-corrected chi connectivity index (χ1v) is 3.25. The molecule has 0 saturated heterocycles. The molecule has 1 heterocycles. The fourth-order valence-corrected chi connectivity index (χ4v) is 0.765. The molecule has 0 aliphatic heterocycles. The van der Waals surface area contributed by atoms with Crippen molar-refractivity contribution in [1.82, 2.24) is 10.3 Å². The van der Waals surface area contributed by atoms with Crippen molar-refractivity contribution >= 4 is 0 Å². The Hall–Kier alpha value is -0.800. The molecule has 1 aromatic rings. The largest absolute Gasteiger partial charge is 0.370 e. The summed E-state index contributed by atoms with van der Waals surface area (Å²) in [7, 11) is 1.67. The smallest absolute Gasteiger partial charge is 0.0964 e. The van der Waals surface area contributed by atoms with Gasteiger partial charge >= 0.3 is 0 Å². The lowest BCUT2D eigenvalue weighted by atomic mass is 10.4. The average molecular weight is 140 g/mol. The second-order valence-corrected chi connectivity index (χ2v) is 2.06. The number of nitrogens with one attached hydrogen (secondary N) is 2. The number of rotatable bonds is 4. The van der Waals surface area contributed by atoms with Crippen molar-refractivity contribution in [1.29, 1.82) is 0 Å². The van der Waals surface area contributed by atoms with Crippen LogP contribution in [0.5, 0.6) is 0 Å². The number of ether oxygens (including phenoxy) is 1. The predicted octanol–water partition coefficient (Wildman–Crippen LogP) is 0.708. The normalized spacial score (nSPS) is 10.1. The Kier molecular flexibility index (Phi) is 2.99. The summed E-state index contributed by atoms with van der Waals surface area (Å²) in [6, 6.07) is 4.01. The molecular formula is C7H12N2O. The van der Waals surface area contributed by atoms with Gasteiger partial charge in [-0.15, -0.1) is 0 Å². The molecule has 3 heteroatoms. The molecule has 0 bridgehead atoms. The van der Waals surface area contributed by atoms with Crippen LogP contribution in [0.4, 0.5) is 0 Å². The molecule has 3 nitrogen and oxygen atoms in total. The minimum absolute atomic E-state index is 0.596. The van der Waals surface area contributed by atoms with Crippen LogP contribution >= 0.6 is 0 Å². The van der Waals surface area contributed by atoms with Crippen LogP contribution in [0.15, 0.2) is 18.3 Å². The third-order valence-electron chi connectivity index (χ3n) is 1.22. The third kappa shape index (κ3) is 2.21. The first-order chi connectivity index (χ1) is 4.93. The molecule has 0 aliphatic carbocycles. The van der Waals surface area contributed by atoms with Crippen molar-refractivity contribution in [2.75, 3.05) is 13.8 Å². The summed E-state index contributed by atoms with van der Waals surface area (Å²) in [5.41, 5.74) is 1.18. The SMILES string of the molecule is COCNCc1ccc[nH]1. The first-order valence-electron chi connectivity index (χ1n) is 3.25. The van der Waals surface area contributed by atoms with Crippen LogP contribution in [0.3, 0.4) is 0 Å². The number of hydrogen-bond donors (Lipinski definition) is 2. The van der Waals surface area contributed by atoms with Gasteiger partial charge < -0.3 is 9.72 Å². The highest BCUT2D eigenvalue weighted by Gasteiger charge is 1.88. The predicted molar refractivity (Wildman–Crippen MR) is 39.5 cm³/mol. The quantitative estimate of drug-likeness (QED) is 0.477. The summed E-state index contributed by atoms with van der Waals surface area (Å²) >= 11 is 0. The number of H-pyrrole nitrogens is 1. The molecule has 0 saturated carbocycles. The molecule has 0 aliphatic rings. The third-order valence-corrected chi connectivity index (χ3v) is 1.22. The van der Waals surface area contributed by atoms with Gasteiger partial charge in [0, 0.05) is 25.5 Å². The van der Waals surface area contributed by atoms with Gasteiger partial charge in [-0.2, -0.15) is 0 Å². The van der Waals surface area contributed by atoms with E-state index in [1.54, 1.807) is 7.11 Å². The van der Waals surface area contributed by atoms with Gasteiger partial charge in [-0.25, -0.2) is 0 Å². The number of aromatic amines is 1. The molecule has 0 radical (unpaired) electrons. The second-order valence-electron chi connectivity index (χ2n) is 2.06. The molecule has 0 fully saturated rings. The maximum Gasteiger partial charge on any atom is 0.0964 e. The van der Waals surface area contributed by atoms with E-state index in [9.17, 15) is 0 Å². The van der Waals surface area contributed by atoms with Gasteiger partial charge in [-0.1, -0.05) is 0 Å². The summed E-state index contributed by atoms with van der Waals surface area (Å²) < 4.78 is 4.82. The highest BCUT2D eigenvalue weighted by atomic mass is 16.5. The summed E-state index contributed by atoms with van der Waals surface area (Å²) in [5.74, 6) is 0. The molecule has 0 aromatic carbocycles. The Morgan fingerprint density at radius 1 is 1.70 bits per heavy atom. The Bertz CT molecular complexity index is 160. The minimum atomic E-state index is 0.596.